The summed E-state index contributed by atoms with van der Waals surface area (Å²) in [6.45, 7) is 1.29. The Hall–Kier alpha value is -1.65. The van der Waals surface area contributed by atoms with Gasteiger partial charge < -0.3 is 5.11 Å². The number of amides is 2. The summed E-state index contributed by atoms with van der Waals surface area (Å²) in [4.78, 5) is 36.0. The maximum Gasteiger partial charge on any atom is 0.323 e. The summed E-state index contributed by atoms with van der Waals surface area (Å²) in [5.41, 5.74) is -0.702. The Morgan fingerprint density at radius 1 is 1.53 bits per heavy atom. The minimum absolute atomic E-state index is 0.0905. The van der Waals surface area contributed by atoms with Gasteiger partial charge in [-0.2, -0.15) is 0 Å². The second kappa shape index (κ2) is 2.97. The van der Waals surface area contributed by atoms with E-state index in [4.69, 9.17) is 5.11 Å². The van der Waals surface area contributed by atoms with Gasteiger partial charge in [0.2, 0.25) is 11.8 Å². The molecular formula is C12H13NO4. The van der Waals surface area contributed by atoms with Crippen LogP contribution in [0.3, 0.4) is 0 Å². The number of rotatable bonds is 2. The van der Waals surface area contributed by atoms with Crippen molar-refractivity contribution in [1.29, 1.82) is 0 Å². The predicted octanol–water partition coefficient (Wildman–Crippen LogP) is 0.268. The van der Waals surface area contributed by atoms with Crippen LogP contribution in [0, 0.1) is 23.2 Å². The Balaban J connectivity index is 2.00. The van der Waals surface area contributed by atoms with E-state index in [-0.39, 0.29) is 29.6 Å². The molecule has 90 valence electrons. The van der Waals surface area contributed by atoms with Crippen LogP contribution in [0.25, 0.3) is 0 Å². The van der Waals surface area contributed by atoms with E-state index in [1.54, 1.807) is 6.92 Å². The first-order valence-electron chi connectivity index (χ1n) is 5.72. The summed E-state index contributed by atoms with van der Waals surface area (Å²) < 4.78 is 0. The molecule has 0 aromatic carbocycles. The molecular weight excluding hydrogens is 222 g/mol. The molecule has 4 atom stereocenters. The van der Waals surface area contributed by atoms with Crippen molar-refractivity contribution in [1.82, 2.24) is 4.90 Å². The van der Waals surface area contributed by atoms with Crippen molar-refractivity contribution in [3.05, 3.63) is 12.2 Å². The number of carboxylic acids is 1. The highest BCUT2D eigenvalue weighted by molar-refractivity contribution is 6.10. The van der Waals surface area contributed by atoms with E-state index >= 15 is 0 Å². The van der Waals surface area contributed by atoms with Crippen LogP contribution in [-0.4, -0.2) is 34.3 Å². The molecule has 2 bridgehead atoms. The van der Waals surface area contributed by atoms with Crippen LogP contribution >= 0.6 is 0 Å². The SMILES string of the molecule is CC12C(=O)N(CC(=O)O)C(=O)C1C1C=CC2C1. The lowest BCUT2D eigenvalue weighted by molar-refractivity contribution is -0.150. The summed E-state index contributed by atoms with van der Waals surface area (Å²) >= 11 is 0. The minimum atomic E-state index is -1.14. The van der Waals surface area contributed by atoms with E-state index in [0.29, 0.717) is 0 Å². The Kier molecular flexibility index (Phi) is 1.83. The molecule has 0 aromatic rings. The summed E-state index contributed by atoms with van der Waals surface area (Å²) in [5, 5.41) is 8.74. The summed E-state index contributed by atoms with van der Waals surface area (Å²) in [6, 6.07) is 0. The van der Waals surface area contributed by atoms with E-state index in [1.807, 2.05) is 12.2 Å². The molecule has 1 aliphatic heterocycles. The van der Waals surface area contributed by atoms with Crippen LogP contribution < -0.4 is 0 Å². The number of hydrogen-bond donors (Lipinski definition) is 1. The third-order valence-corrected chi connectivity index (χ3v) is 4.49. The molecule has 4 unspecified atom stereocenters. The van der Waals surface area contributed by atoms with Gasteiger partial charge in [-0.3, -0.25) is 19.3 Å². The molecule has 1 saturated heterocycles. The molecule has 1 heterocycles. The number of hydrogen-bond acceptors (Lipinski definition) is 3. The van der Waals surface area contributed by atoms with Crippen LogP contribution in [-0.2, 0) is 14.4 Å². The molecule has 3 rings (SSSR count). The Labute approximate surface area is 98.1 Å². The zero-order valence-corrected chi connectivity index (χ0v) is 9.42. The van der Waals surface area contributed by atoms with Gasteiger partial charge in [0.1, 0.15) is 6.54 Å². The van der Waals surface area contributed by atoms with Crippen molar-refractivity contribution in [2.24, 2.45) is 23.2 Å². The number of carbonyl (C=O) groups excluding carboxylic acids is 2. The zero-order valence-electron chi connectivity index (χ0n) is 9.42. The molecule has 0 radical (unpaired) electrons. The van der Waals surface area contributed by atoms with Gasteiger partial charge in [0.15, 0.2) is 0 Å². The lowest BCUT2D eigenvalue weighted by Crippen LogP contribution is -2.39. The fourth-order valence-corrected chi connectivity index (χ4v) is 3.67. The van der Waals surface area contributed by atoms with Crippen LogP contribution in [0.1, 0.15) is 13.3 Å². The largest absolute Gasteiger partial charge is 0.480 e. The molecule has 2 amide bonds. The zero-order chi connectivity index (χ0) is 12.4. The van der Waals surface area contributed by atoms with Crippen molar-refractivity contribution in [3.63, 3.8) is 0 Å². The van der Waals surface area contributed by atoms with E-state index in [1.165, 1.54) is 0 Å². The number of aliphatic carboxylic acids is 1. The number of allylic oxidation sites excluding steroid dienone is 2. The Bertz CT molecular complexity index is 469. The van der Waals surface area contributed by atoms with E-state index < -0.39 is 17.9 Å². The summed E-state index contributed by atoms with van der Waals surface area (Å²) in [5.74, 6) is -1.91. The van der Waals surface area contributed by atoms with Crippen molar-refractivity contribution in [3.8, 4) is 0 Å². The van der Waals surface area contributed by atoms with Crippen LogP contribution in [0.5, 0.6) is 0 Å². The first-order valence-corrected chi connectivity index (χ1v) is 5.72. The molecule has 1 N–H and O–H groups in total. The van der Waals surface area contributed by atoms with Crippen molar-refractivity contribution in [2.75, 3.05) is 6.54 Å². The highest BCUT2D eigenvalue weighted by Crippen LogP contribution is 2.60. The number of carbonyl (C=O) groups is 3. The van der Waals surface area contributed by atoms with Crippen molar-refractivity contribution < 1.29 is 19.5 Å². The first kappa shape index (κ1) is 10.5. The summed E-state index contributed by atoms with van der Waals surface area (Å²) in [7, 11) is 0. The molecule has 2 aliphatic carbocycles. The number of imide groups is 1. The summed E-state index contributed by atoms with van der Waals surface area (Å²) in [6.07, 6.45) is 4.84. The number of likely N-dealkylation sites (tertiary alicyclic amines) is 1. The molecule has 3 aliphatic rings. The Morgan fingerprint density at radius 2 is 2.24 bits per heavy atom. The average molecular weight is 235 g/mol. The normalized spacial score (nSPS) is 42.4. The highest BCUT2D eigenvalue weighted by atomic mass is 16.4. The van der Waals surface area contributed by atoms with Gasteiger partial charge in [-0.05, 0) is 25.2 Å². The van der Waals surface area contributed by atoms with Crippen LogP contribution in [0.2, 0.25) is 0 Å². The molecule has 5 heteroatoms. The van der Waals surface area contributed by atoms with Crippen molar-refractivity contribution in [2.45, 2.75) is 13.3 Å². The maximum absolute atomic E-state index is 12.3. The second-order valence-electron chi connectivity index (χ2n) is 5.27. The van der Waals surface area contributed by atoms with Gasteiger partial charge in [0.05, 0.1) is 11.3 Å². The number of carboxylic acid groups (broad SMARTS) is 1. The smallest absolute Gasteiger partial charge is 0.323 e. The molecule has 0 aromatic heterocycles. The topological polar surface area (TPSA) is 74.7 Å². The van der Waals surface area contributed by atoms with Gasteiger partial charge >= 0.3 is 5.97 Å². The van der Waals surface area contributed by atoms with Crippen molar-refractivity contribution >= 4 is 17.8 Å². The standard InChI is InChI=1S/C12H13NO4/c1-12-7-3-2-6(4-7)9(12)10(16)13(11(12)17)5-8(14)15/h2-3,6-7,9H,4-5H2,1H3,(H,14,15). The minimum Gasteiger partial charge on any atom is -0.480 e. The van der Waals surface area contributed by atoms with E-state index in [9.17, 15) is 14.4 Å². The molecule has 2 fully saturated rings. The van der Waals surface area contributed by atoms with Gasteiger partial charge in [-0.25, -0.2) is 0 Å². The van der Waals surface area contributed by atoms with Crippen LogP contribution in [0.15, 0.2) is 12.2 Å². The fourth-order valence-electron chi connectivity index (χ4n) is 3.67. The van der Waals surface area contributed by atoms with E-state index in [2.05, 4.69) is 0 Å². The second-order valence-corrected chi connectivity index (χ2v) is 5.27. The quantitative estimate of drug-likeness (QED) is 0.550. The van der Waals surface area contributed by atoms with E-state index in [0.717, 1.165) is 11.3 Å². The number of nitrogens with zero attached hydrogens (tertiary/aromatic N) is 1. The lowest BCUT2D eigenvalue weighted by Gasteiger charge is -2.28. The third-order valence-electron chi connectivity index (χ3n) is 4.49. The monoisotopic (exact) mass is 235 g/mol. The molecule has 5 nitrogen and oxygen atoms in total. The Morgan fingerprint density at radius 3 is 2.82 bits per heavy atom. The molecule has 0 spiro atoms. The lowest BCUT2D eigenvalue weighted by atomic mass is 9.71. The average Bonchev–Trinajstić information content (AvgIpc) is 2.87. The fraction of sp³-hybridized carbons (Fsp3) is 0.583. The number of fused-ring (bicyclic) bond motifs is 5. The van der Waals surface area contributed by atoms with Crippen LogP contribution in [0.4, 0.5) is 0 Å². The third kappa shape index (κ3) is 1.06. The predicted molar refractivity (Wildman–Crippen MR) is 56.7 cm³/mol. The highest BCUT2D eigenvalue weighted by Gasteiger charge is 2.67. The molecule has 1 saturated carbocycles. The molecule has 17 heavy (non-hydrogen) atoms. The van der Waals surface area contributed by atoms with Gasteiger partial charge in [-0.1, -0.05) is 12.2 Å². The van der Waals surface area contributed by atoms with Gasteiger partial charge in [-0.15, -0.1) is 0 Å². The van der Waals surface area contributed by atoms with Gasteiger partial charge in [0, 0.05) is 0 Å². The maximum atomic E-state index is 12.3. The van der Waals surface area contributed by atoms with Gasteiger partial charge in [0.25, 0.3) is 0 Å². The first-order chi connectivity index (χ1) is 7.96.